The van der Waals surface area contributed by atoms with Crippen molar-refractivity contribution in [3.8, 4) is 11.1 Å². The Balaban J connectivity index is 1.83. The Kier molecular flexibility index (Phi) is 4.25. The van der Waals surface area contributed by atoms with Crippen LogP contribution >= 0.6 is 0 Å². The summed E-state index contributed by atoms with van der Waals surface area (Å²) in [6.07, 6.45) is 1.53. The van der Waals surface area contributed by atoms with Crippen LogP contribution in [0.2, 0.25) is 0 Å². The van der Waals surface area contributed by atoms with Crippen molar-refractivity contribution in [3.05, 3.63) is 59.7 Å². The predicted molar refractivity (Wildman–Crippen MR) is 89.3 cm³/mol. The number of carbonyl (C=O) groups is 1. The van der Waals surface area contributed by atoms with Gasteiger partial charge in [-0.1, -0.05) is 48.5 Å². The first-order chi connectivity index (χ1) is 10.6. The lowest BCUT2D eigenvalue weighted by Crippen LogP contribution is -2.39. The summed E-state index contributed by atoms with van der Waals surface area (Å²) in [4.78, 5) is 12.5. The minimum Gasteiger partial charge on any atom is -0.275 e. The molecule has 0 spiro atoms. The van der Waals surface area contributed by atoms with Gasteiger partial charge in [0.15, 0.2) is 0 Å². The smallest absolute Gasteiger partial charge is 0.241 e. The molecular formula is C19H22N2O. The maximum atomic E-state index is 12.5. The number of hydrazine groups is 1. The minimum atomic E-state index is 0.188. The van der Waals surface area contributed by atoms with Crippen LogP contribution in [0.1, 0.15) is 17.5 Å². The lowest BCUT2D eigenvalue weighted by atomic mass is 9.98. The molecule has 1 heterocycles. The number of rotatable bonds is 3. The first-order valence-corrected chi connectivity index (χ1v) is 7.81. The van der Waals surface area contributed by atoms with Gasteiger partial charge in [0.2, 0.25) is 5.91 Å². The lowest BCUT2D eigenvalue weighted by molar-refractivity contribution is -0.141. The van der Waals surface area contributed by atoms with Gasteiger partial charge < -0.3 is 0 Å². The Hall–Kier alpha value is -2.13. The second-order valence-corrected chi connectivity index (χ2v) is 5.94. The average Bonchev–Trinajstić information content (AvgIpc) is 2.96. The molecule has 3 heteroatoms. The average molecular weight is 294 g/mol. The van der Waals surface area contributed by atoms with E-state index in [1.807, 2.05) is 35.3 Å². The molecule has 2 aromatic rings. The second kappa shape index (κ2) is 6.32. The SMILES string of the molecule is Cc1ccc(-c2ccccc2)cc1CC(=O)N1CCCN1C. The molecule has 2 aromatic carbocycles. The molecule has 1 saturated heterocycles. The van der Waals surface area contributed by atoms with Crippen LogP contribution in [0.25, 0.3) is 11.1 Å². The zero-order chi connectivity index (χ0) is 15.5. The molecule has 0 atom stereocenters. The van der Waals surface area contributed by atoms with Crippen LogP contribution in [-0.4, -0.2) is 36.1 Å². The van der Waals surface area contributed by atoms with E-state index in [4.69, 9.17) is 0 Å². The van der Waals surface area contributed by atoms with Crippen molar-refractivity contribution in [1.29, 1.82) is 0 Å². The zero-order valence-electron chi connectivity index (χ0n) is 13.2. The Bertz CT molecular complexity index is 666. The van der Waals surface area contributed by atoms with Crippen molar-refractivity contribution < 1.29 is 4.79 Å². The van der Waals surface area contributed by atoms with E-state index in [0.717, 1.165) is 25.1 Å². The van der Waals surface area contributed by atoms with E-state index < -0.39 is 0 Å². The van der Waals surface area contributed by atoms with Gasteiger partial charge in [0.05, 0.1) is 6.42 Å². The monoisotopic (exact) mass is 294 g/mol. The van der Waals surface area contributed by atoms with Crippen molar-refractivity contribution in [2.24, 2.45) is 0 Å². The van der Waals surface area contributed by atoms with Crippen molar-refractivity contribution >= 4 is 5.91 Å². The van der Waals surface area contributed by atoms with E-state index in [0.29, 0.717) is 6.42 Å². The second-order valence-electron chi connectivity index (χ2n) is 5.94. The van der Waals surface area contributed by atoms with Crippen molar-refractivity contribution in [1.82, 2.24) is 10.0 Å². The molecule has 3 rings (SSSR count). The van der Waals surface area contributed by atoms with Crippen LogP contribution in [0.3, 0.4) is 0 Å². The van der Waals surface area contributed by atoms with Gasteiger partial charge in [-0.3, -0.25) is 9.80 Å². The van der Waals surface area contributed by atoms with Crippen LogP contribution in [0, 0.1) is 6.92 Å². The molecule has 1 aliphatic heterocycles. The Labute approximate surface area is 132 Å². The van der Waals surface area contributed by atoms with Gasteiger partial charge in [-0.25, -0.2) is 5.01 Å². The molecule has 1 fully saturated rings. The van der Waals surface area contributed by atoms with Crippen LogP contribution in [-0.2, 0) is 11.2 Å². The summed E-state index contributed by atoms with van der Waals surface area (Å²) >= 11 is 0. The summed E-state index contributed by atoms with van der Waals surface area (Å²) in [5, 5.41) is 3.90. The highest BCUT2D eigenvalue weighted by Gasteiger charge is 2.23. The van der Waals surface area contributed by atoms with E-state index >= 15 is 0 Å². The number of nitrogens with zero attached hydrogens (tertiary/aromatic N) is 2. The molecule has 0 aliphatic carbocycles. The fourth-order valence-corrected chi connectivity index (χ4v) is 2.98. The van der Waals surface area contributed by atoms with Gasteiger partial charge in [-0.2, -0.15) is 0 Å². The van der Waals surface area contributed by atoms with Crippen LogP contribution in [0.5, 0.6) is 0 Å². The van der Waals surface area contributed by atoms with Crippen LogP contribution in [0.15, 0.2) is 48.5 Å². The highest BCUT2D eigenvalue weighted by atomic mass is 16.2. The largest absolute Gasteiger partial charge is 0.275 e. The molecule has 0 bridgehead atoms. The quantitative estimate of drug-likeness (QED) is 0.867. The molecule has 0 saturated carbocycles. The van der Waals surface area contributed by atoms with Gasteiger partial charge in [-0.15, -0.1) is 0 Å². The normalized spacial score (nSPS) is 15.3. The molecule has 22 heavy (non-hydrogen) atoms. The maximum absolute atomic E-state index is 12.5. The van der Waals surface area contributed by atoms with Crippen molar-refractivity contribution in [2.45, 2.75) is 19.8 Å². The molecule has 0 radical (unpaired) electrons. The van der Waals surface area contributed by atoms with Gasteiger partial charge in [0.25, 0.3) is 0 Å². The van der Waals surface area contributed by atoms with Gasteiger partial charge in [0.1, 0.15) is 0 Å². The first-order valence-electron chi connectivity index (χ1n) is 7.81. The molecule has 114 valence electrons. The summed E-state index contributed by atoms with van der Waals surface area (Å²) in [5.74, 6) is 0.188. The van der Waals surface area contributed by atoms with E-state index in [2.05, 4.69) is 37.3 Å². The van der Waals surface area contributed by atoms with Gasteiger partial charge in [0, 0.05) is 20.1 Å². The third-order valence-electron chi connectivity index (χ3n) is 4.35. The lowest BCUT2D eigenvalue weighted by Gasteiger charge is -2.24. The molecule has 0 aromatic heterocycles. The Morgan fingerprint density at radius 2 is 1.82 bits per heavy atom. The molecule has 0 unspecified atom stereocenters. The van der Waals surface area contributed by atoms with Crippen LogP contribution in [0.4, 0.5) is 0 Å². The fraction of sp³-hybridized carbons (Fsp3) is 0.316. The van der Waals surface area contributed by atoms with E-state index in [1.54, 1.807) is 0 Å². The highest BCUT2D eigenvalue weighted by molar-refractivity contribution is 5.79. The number of benzene rings is 2. The zero-order valence-corrected chi connectivity index (χ0v) is 13.2. The summed E-state index contributed by atoms with van der Waals surface area (Å²) in [6.45, 7) is 3.88. The Morgan fingerprint density at radius 3 is 2.50 bits per heavy atom. The summed E-state index contributed by atoms with van der Waals surface area (Å²) < 4.78 is 0. The maximum Gasteiger partial charge on any atom is 0.241 e. The van der Waals surface area contributed by atoms with E-state index in [1.165, 1.54) is 16.7 Å². The summed E-state index contributed by atoms with van der Waals surface area (Å²) in [5.41, 5.74) is 4.65. The number of hydrogen-bond acceptors (Lipinski definition) is 2. The Morgan fingerprint density at radius 1 is 1.05 bits per heavy atom. The number of hydrogen-bond donors (Lipinski definition) is 0. The summed E-state index contributed by atoms with van der Waals surface area (Å²) in [7, 11) is 1.98. The molecule has 3 nitrogen and oxygen atoms in total. The molecular weight excluding hydrogens is 272 g/mol. The van der Waals surface area contributed by atoms with Gasteiger partial charge >= 0.3 is 0 Å². The third kappa shape index (κ3) is 3.04. The highest BCUT2D eigenvalue weighted by Crippen LogP contribution is 2.23. The van der Waals surface area contributed by atoms with Crippen LogP contribution < -0.4 is 0 Å². The number of aryl methyl sites for hydroxylation is 1. The first kappa shape index (κ1) is 14.8. The van der Waals surface area contributed by atoms with E-state index in [9.17, 15) is 4.79 Å². The van der Waals surface area contributed by atoms with Crippen molar-refractivity contribution in [3.63, 3.8) is 0 Å². The predicted octanol–water partition coefficient (Wildman–Crippen LogP) is 3.28. The topological polar surface area (TPSA) is 23.6 Å². The molecule has 1 amide bonds. The molecule has 0 N–H and O–H groups in total. The number of carbonyl (C=O) groups excluding carboxylic acids is 1. The standard InChI is InChI=1S/C19H22N2O/c1-15-9-10-17(16-7-4-3-5-8-16)13-18(15)14-19(22)21-12-6-11-20(21)2/h3-5,7-10,13H,6,11-12,14H2,1-2H3. The number of amides is 1. The summed E-state index contributed by atoms with van der Waals surface area (Å²) in [6, 6.07) is 16.7. The fourth-order valence-electron chi connectivity index (χ4n) is 2.98. The van der Waals surface area contributed by atoms with E-state index in [-0.39, 0.29) is 5.91 Å². The van der Waals surface area contributed by atoms with Crippen molar-refractivity contribution in [2.75, 3.05) is 20.1 Å². The van der Waals surface area contributed by atoms with Gasteiger partial charge in [-0.05, 0) is 35.6 Å². The third-order valence-corrected chi connectivity index (χ3v) is 4.35. The molecule has 1 aliphatic rings. The minimum absolute atomic E-state index is 0.188.